The number of benzene rings is 1. The van der Waals surface area contributed by atoms with Gasteiger partial charge in [-0.15, -0.1) is 24.8 Å². The zero-order valence-corrected chi connectivity index (χ0v) is 14.7. The maximum atomic E-state index is 12.0. The highest BCUT2D eigenvalue weighted by Gasteiger charge is 2.17. The van der Waals surface area contributed by atoms with Crippen molar-refractivity contribution >= 4 is 30.7 Å². The van der Waals surface area contributed by atoms with Crippen LogP contribution in [-0.2, 0) is 4.79 Å². The predicted octanol–water partition coefficient (Wildman–Crippen LogP) is 2.38. The van der Waals surface area contributed by atoms with Crippen molar-refractivity contribution in [1.29, 1.82) is 0 Å². The molecule has 1 saturated heterocycles. The fourth-order valence-electron chi connectivity index (χ4n) is 2.75. The number of nitrogens with two attached hydrogens (primary N) is 1. The molecule has 1 heterocycles. The van der Waals surface area contributed by atoms with Gasteiger partial charge in [0, 0.05) is 19.6 Å². The van der Waals surface area contributed by atoms with Crippen LogP contribution in [0.5, 0.6) is 0 Å². The van der Waals surface area contributed by atoms with Crippen LogP contribution in [-0.4, -0.2) is 37.0 Å². The van der Waals surface area contributed by atoms with Crippen molar-refractivity contribution in [1.82, 2.24) is 10.2 Å². The SMILES string of the molecule is CC1CCCN(CCNC(=O)C(N)c2ccccc2)C1.Cl.Cl. The zero-order chi connectivity index (χ0) is 14.4. The third-order valence-corrected chi connectivity index (χ3v) is 3.91. The van der Waals surface area contributed by atoms with Gasteiger partial charge < -0.3 is 16.0 Å². The van der Waals surface area contributed by atoms with Crippen molar-refractivity contribution in [3.63, 3.8) is 0 Å². The van der Waals surface area contributed by atoms with Gasteiger partial charge in [-0.25, -0.2) is 0 Å². The lowest BCUT2D eigenvalue weighted by atomic mass is 10.0. The van der Waals surface area contributed by atoms with Gasteiger partial charge >= 0.3 is 0 Å². The molecule has 2 rings (SSSR count). The summed E-state index contributed by atoms with van der Waals surface area (Å²) in [5.74, 6) is 0.673. The Morgan fingerprint density at radius 3 is 2.68 bits per heavy atom. The molecule has 0 aliphatic carbocycles. The molecule has 22 heavy (non-hydrogen) atoms. The molecule has 1 aromatic rings. The number of rotatable bonds is 5. The molecule has 4 nitrogen and oxygen atoms in total. The minimum atomic E-state index is -0.573. The molecule has 126 valence electrons. The van der Waals surface area contributed by atoms with Crippen LogP contribution in [0.4, 0.5) is 0 Å². The van der Waals surface area contributed by atoms with E-state index in [2.05, 4.69) is 17.1 Å². The lowest BCUT2D eigenvalue weighted by Crippen LogP contribution is -2.42. The largest absolute Gasteiger partial charge is 0.353 e. The number of carbonyl (C=O) groups is 1. The van der Waals surface area contributed by atoms with Gasteiger partial charge in [0.05, 0.1) is 0 Å². The van der Waals surface area contributed by atoms with Crippen molar-refractivity contribution in [2.45, 2.75) is 25.8 Å². The minimum Gasteiger partial charge on any atom is -0.353 e. The predicted molar refractivity (Wildman–Crippen MR) is 95.7 cm³/mol. The van der Waals surface area contributed by atoms with Gasteiger partial charge in [-0.2, -0.15) is 0 Å². The average molecular weight is 348 g/mol. The molecule has 3 N–H and O–H groups in total. The summed E-state index contributed by atoms with van der Waals surface area (Å²) >= 11 is 0. The molecule has 2 atom stereocenters. The second kappa shape index (κ2) is 10.8. The second-order valence-corrected chi connectivity index (χ2v) is 5.73. The van der Waals surface area contributed by atoms with Gasteiger partial charge in [0.15, 0.2) is 0 Å². The van der Waals surface area contributed by atoms with Crippen LogP contribution in [0.2, 0.25) is 0 Å². The highest BCUT2D eigenvalue weighted by Crippen LogP contribution is 2.14. The molecule has 0 saturated carbocycles. The summed E-state index contributed by atoms with van der Waals surface area (Å²) in [6.45, 7) is 6.16. The molecule has 0 aromatic heterocycles. The Labute approximate surface area is 145 Å². The highest BCUT2D eigenvalue weighted by molar-refractivity contribution is 5.85. The van der Waals surface area contributed by atoms with Crippen molar-refractivity contribution in [3.05, 3.63) is 35.9 Å². The second-order valence-electron chi connectivity index (χ2n) is 5.73. The Kier molecular flexibility index (Phi) is 10.4. The van der Waals surface area contributed by atoms with Crippen LogP contribution in [0.15, 0.2) is 30.3 Å². The number of nitrogens with one attached hydrogen (secondary N) is 1. The Balaban J connectivity index is 0.00000220. The quantitative estimate of drug-likeness (QED) is 0.859. The van der Waals surface area contributed by atoms with Gasteiger partial charge in [0.1, 0.15) is 6.04 Å². The van der Waals surface area contributed by atoms with E-state index >= 15 is 0 Å². The summed E-state index contributed by atoms with van der Waals surface area (Å²) in [6.07, 6.45) is 2.58. The molecule has 1 aromatic carbocycles. The number of carbonyl (C=O) groups excluding carboxylic acids is 1. The molecule has 1 aliphatic rings. The molecule has 0 radical (unpaired) electrons. The topological polar surface area (TPSA) is 58.4 Å². The number of piperidine rings is 1. The van der Waals surface area contributed by atoms with Crippen molar-refractivity contribution < 1.29 is 4.79 Å². The third kappa shape index (κ3) is 6.53. The molecule has 0 spiro atoms. The van der Waals surface area contributed by atoms with Crippen LogP contribution in [0.25, 0.3) is 0 Å². The van der Waals surface area contributed by atoms with Gasteiger partial charge in [-0.1, -0.05) is 37.3 Å². The van der Waals surface area contributed by atoms with E-state index in [1.54, 1.807) is 0 Å². The first-order valence-electron chi connectivity index (χ1n) is 7.47. The lowest BCUT2D eigenvalue weighted by molar-refractivity contribution is -0.122. The monoisotopic (exact) mass is 347 g/mol. The van der Waals surface area contributed by atoms with Crippen molar-refractivity contribution in [2.75, 3.05) is 26.2 Å². The standard InChI is InChI=1S/C16H25N3O.2ClH/c1-13-6-5-10-19(12-13)11-9-18-16(20)15(17)14-7-3-2-4-8-14;;/h2-4,7-8,13,15H,5-6,9-12,17H2,1H3,(H,18,20);2*1H. The van der Waals surface area contributed by atoms with Crippen LogP contribution in [0.1, 0.15) is 31.4 Å². The minimum absolute atomic E-state index is 0. The number of amides is 1. The number of nitrogens with zero attached hydrogens (tertiary/aromatic N) is 1. The summed E-state index contributed by atoms with van der Waals surface area (Å²) in [4.78, 5) is 14.4. The summed E-state index contributed by atoms with van der Waals surface area (Å²) in [5, 5.41) is 2.94. The van der Waals surface area contributed by atoms with E-state index in [0.29, 0.717) is 6.54 Å². The first kappa shape index (κ1) is 21.2. The van der Waals surface area contributed by atoms with E-state index in [1.165, 1.54) is 12.8 Å². The zero-order valence-electron chi connectivity index (χ0n) is 13.0. The van der Waals surface area contributed by atoms with E-state index in [0.717, 1.165) is 31.1 Å². The molecular formula is C16H27Cl2N3O. The van der Waals surface area contributed by atoms with Crippen LogP contribution < -0.4 is 11.1 Å². The fraction of sp³-hybridized carbons (Fsp3) is 0.562. The number of likely N-dealkylation sites (tertiary alicyclic amines) is 1. The maximum absolute atomic E-state index is 12.0. The summed E-state index contributed by atoms with van der Waals surface area (Å²) in [6, 6.07) is 8.92. The Bertz CT molecular complexity index is 431. The first-order valence-corrected chi connectivity index (χ1v) is 7.47. The number of hydrogen-bond donors (Lipinski definition) is 2. The highest BCUT2D eigenvalue weighted by atomic mass is 35.5. The maximum Gasteiger partial charge on any atom is 0.241 e. The molecule has 1 fully saturated rings. The lowest BCUT2D eigenvalue weighted by Gasteiger charge is -2.30. The van der Waals surface area contributed by atoms with Crippen molar-refractivity contribution in [2.24, 2.45) is 11.7 Å². The summed E-state index contributed by atoms with van der Waals surface area (Å²) in [7, 11) is 0. The normalized spacial score (nSPS) is 19.5. The van der Waals surface area contributed by atoms with Gasteiger partial charge in [-0.3, -0.25) is 4.79 Å². The Hall–Kier alpha value is -0.810. The molecule has 0 bridgehead atoms. The van der Waals surface area contributed by atoms with Crippen LogP contribution >= 0.6 is 24.8 Å². The third-order valence-electron chi connectivity index (χ3n) is 3.91. The molecule has 6 heteroatoms. The Morgan fingerprint density at radius 1 is 1.36 bits per heavy atom. The first-order chi connectivity index (χ1) is 9.66. The van der Waals surface area contributed by atoms with Crippen LogP contribution in [0.3, 0.4) is 0 Å². The van der Waals surface area contributed by atoms with Gasteiger partial charge in [0.25, 0.3) is 0 Å². The Morgan fingerprint density at radius 2 is 2.05 bits per heavy atom. The molecule has 2 unspecified atom stereocenters. The van der Waals surface area contributed by atoms with Crippen molar-refractivity contribution in [3.8, 4) is 0 Å². The molecule has 1 aliphatic heterocycles. The average Bonchev–Trinajstić information content (AvgIpc) is 2.47. The smallest absolute Gasteiger partial charge is 0.241 e. The van der Waals surface area contributed by atoms with Crippen LogP contribution in [0, 0.1) is 5.92 Å². The van der Waals surface area contributed by atoms with E-state index in [1.807, 2.05) is 30.3 Å². The molecule has 1 amide bonds. The number of halogens is 2. The van der Waals surface area contributed by atoms with E-state index < -0.39 is 6.04 Å². The summed E-state index contributed by atoms with van der Waals surface area (Å²) in [5.41, 5.74) is 6.81. The van der Waals surface area contributed by atoms with E-state index in [9.17, 15) is 4.79 Å². The fourth-order valence-corrected chi connectivity index (χ4v) is 2.75. The van der Waals surface area contributed by atoms with Gasteiger partial charge in [-0.05, 0) is 30.9 Å². The van der Waals surface area contributed by atoms with E-state index in [4.69, 9.17) is 5.73 Å². The summed E-state index contributed by atoms with van der Waals surface area (Å²) < 4.78 is 0. The molecular weight excluding hydrogens is 321 g/mol. The van der Waals surface area contributed by atoms with Gasteiger partial charge in [0.2, 0.25) is 5.91 Å². The number of hydrogen-bond acceptors (Lipinski definition) is 3. The van der Waals surface area contributed by atoms with E-state index in [-0.39, 0.29) is 30.7 Å².